The standard InChI is InChI=1S/C13H12Cl2N2O2/c14-10-4-1-5-11(13(10)15)17-12(18)8-16-7-9-3-2-6-19-9/h1-6,16H,7-8H2,(H,17,18)/p+1. The summed E-state index contributed by atoms with van der Waals surface area (Å²) in [4.78, 5) is 11.7. The molecule has 1 aromatic heterocycles. The maximum Gasteiger partial charge on any atom is 0.279 e. The van der Waals surface area contributed by atoms with Crippen LogP contribution in [0.4, 0.5) is 5.69 Å². The lowest BCUT2D eigenvalue weighted by Crippen LogP contribution is -2.84. The molecule has 0 bridgehead atoms. The number of furan rings is 1. The monoisotopic (exact) mass is 299 g/mol. The molecule has 6 heteroatoms. The number of amides is 1. The number of quaternary nitrogens is 1. The lowest BCUT2D eigenvalue weighted by atomic mass is 10.3. The van der Waals surface area contributed by atoms with Crippen molar-refractivity contribution in [2.45, 2.75) is 6.54 Å². The van der Waals surface area contributed by atoms with E-state index in [0.717, 1.165) is 5.76 Å². The van der Waals surface area contributed by atoms with Crippen molar-refractivity contribution in [2.75, 3.05) is 11.9 Å². The van der Waals surface area contributed by atoms with Gasteiger partial charge in [-0.1, -0.05) is 29.3 Å². The fraction of sp³-hybridized carbons (Fsp3) is 0.154. The van der Waals surface area contributed by atoms with E-state index in [0.29, 0.717) is 22.3 Å². The second kappa shape index (κ2) is 6.61. The highest BCUT2D eigenvalue weighted by molar-refractivity contribution is 6.43. The van der Waals surface area contributed by atoms with Crippen molar-refractivity contribution in [3.05, 3.63) is 52.4 Å². The quantitative estimate of drug-likeness (QED) is 0.890. The molecule has 0 saturated heterocycles. The van der Waals surface area contributed by atoms with Gasteiger partial charge in [-0.15, -0.1) is 0 Å². The zero-order valence-corrected chi connectivity index (χ0v) is 11.5. The van der Waals surface area contributed by atoms with Crippen molar-refractivity contribution in [1.29, 1.82) is 0 Å². The van der Waals surface area contributed by atoms with E-state index in [1.807, 2.05) is 17.4 Å². The average Bonchev–Trinajstić information content (AvgIpc) is 2.88. The van der Waals surface area contributed by atoms with Crippen molar-refractivity contribution in [3.8, 4) is 0 Å². The predicted molar refractivity (Wildman–Crippen MR) is 74.3 cm³/mol. The van der Waals surface area contributed by atoms with Crippen LogP contribution in [-0.2, 0) is 11.3 Å². The number of rotatable bonds is 5. The van der Waals surface area contributed by atoms with Crippen molar-refractivity contribution >= 4 is 34.8 Å². The first-order valence-electron chi connectivity index (χ1n) is 5.74. The molecular weight excluding hydrogens is 287 g/mol. The number of nitrogens with one attached hydrogen (secondary N) is 1. The summed E-state index contributed by atoms with van der Waals surface area (Å²) >= 11 is 11.8. The van der Waals surface area contributed by atoms with Crippen LogP contribution in [-0.4, -0.2) is 12.5 Å². The maximum atomic E-state index is 11.7. The van der Waals surface area contributed by atoms with Crippen LogP contribution in [0, 0.1) is 0 Å². The van der Waals surface area contributed by atoms with E-state index in [1.54, 1.807) is 24.5 Å². The molecule has 19 heavy (non-hydrogen) atoms. The minimum atomic E-state index is -0.143. The van der Waals surface area contributed by atoms with E-state index in [1.165, 1.54) is 0 Å². The van der Waals surface area contributed by atoms with Gasteiger partial charge in [-0.25, -0.2) is 0 Å². The molecule has 2 aromatic rings. The van der Waals surface area contributed by atoms with Gasteiger partial charge in [0.1, 0.15) is 6.54 Å². The molecule has 0 saturated carbocycles. The molecule has 0 aliphatic rings. The molecular formula is C13H13Cl2N2O2+. The molecule has 100 valence electrons. The van der Waals surface area contributed by atoms with Crippen LogP contribution in [0.5, 0.6) is 0 Å². The van der Waals surface area contributed by atoms with Crippen molar-refractivity contribution in [2.24, 2.45) is 0 Å². The SMILES string of the molecule is O=C(C[NH2+]Cc1ccco1)Nc1cccc(Cl)c1Cl. The average molecular weight is 300 g/mol. The summed E-state index contributed by atoms with van der Waals surface area (Å²) in [5.41, 5.74) is 0.519. The number of carbonyl (C=O) groups excluding carboxylic acids is 1. The zero-order valence-electron chi connectivity index (χ0n) is 10.0. The van der Waals surface area contributed by atoms with Crippen LogP contribution in [0.25, 0.3) is 0 Å². The van der Waals surface area contributed by atoms with E-state index < -0.39 is 0 Å². The van der Waals surface area contributed by atoms with Gasteiger partial charge < -0.3 is 15.1 Å². The van der Waals surface area contributed by atoms with E-state index in [2.05, 4.69) is 5.32 Å². The highest BCUT2D eigenvalue weighted by Crippen LogP contribution is 2.29. The molecule has 3 N–H and O–H groups in total. The number of halogens is 2. The second-order valence-corrected chi connectivity index (χ2v) is 4.71. The number of nitrogens with two attached hydrogens (primary N) is 1. The van der Waals surface area contributed by atoms with E-state index in [9.17, 15) is 4.79 Å². The van der Waals surface area contributed by atoms with Gasteiger partial charge >= 0.3 is 0 Å². The topological polar surface area (TPSA) is 58.9 Å². The van der Waals surface area contributed by atoms with Gasteiger partial charge in [0, 0.05) is 0 Å². The number of benzene rings is 1. The summed E-state index contributed by atoms with van der Waals surface area (Å²) in [6.45, 7) is 0.896. The molecule has 1 amide bonds. The molecule has 0 spiro atoms. The minimum absolute atomic E-state index is 0.143. The molecule has 0 aliphatic heterocycles. The first kappa shape index (κ1) is 13.9. The predicted octanol–water partition coefficient (Wildman–Crippen LogP) is 2.29. The van der Waals surface area contributed by atoms with Gasteiger partial charge in [0.15, 0.2) is 12.3 Å². The Morgan fingerprint density at radius 1 is 1.26 bits per heavy atom. The highest BCUT2D eigenvalue weighted by atomic mass is 35.5. The molecule has 1 aromatic carbocycles. The summed E-state index contributed by atoms with van der Waals surface area (Å²) in [5.74, 6) is 0.685. The molecule has 2 rings (SSSR count). The van der Waals surface area contributed by atoms with Crippen molar-refractivity contribution < 1.29 is 14.5 Å². The number of carbonyl (C=O) groups is 1. The Bertz CT molecular complexity index is 556. The van der Waals surface area contributed by atoms with E-state index in [4.69, 9.17) is 27.6 Å². The third kappa shape index (κ3) is 3.99. The molecule has 0 fully saturated rings. The summed E-state index contributed by atoms with van der Waals surface area (Å²) in [6, 6.07) is 8.79. The maximum absolute atomic E-state index is 11.7. The Hall–Kier alpha value is -1.49. The lowest BCUT2D eigenvalue weighted by Gasteiger charge is -2.07. The normalized spacial score (nSPS) is 10.4. The lowest BCUT2D eigenvalue weighted by molar-refractivity contribution is -0.661. The Morgan fingerprint density at radius 2 is 2.11 bits per heavy atom. The number of hydrogen-bond acceptors (Lipinski definition) is 2. The van der Waals surface area contributed by atoms with Gasteiger partial charge in [0.05, 0.1) is 22.0 Å². The molecule has 0 unspecified atom stereocenters. The Balaban J connectivity index is 1.82. The van der Waals surface area contributed by atoms with Crippen molar-refractivity contribution in [3.63, 3.8) is 0 Å². The molecule has 0 radical (unpaired) electrons. The zero-order chi connectivity index (χ0) is 13.7. The molecule has 4 nitrogen and oxygen atoms in total. The van der Waals surface area contributed by atoms with Crippen LogP contribution in [0.1, 0.15) is 5.76 Å². The third-order valence-corrected chi connectivity index (χ3v) is 3.30. The largest absolute Gasteiger partial charge is 0.463 e. The van der Waals surface area contributed by atoms with E-state index in [-0.39, 0.29) is 12.5 Å². The van der Waals surface area contributed by atoms with Crippen LogP contribution < -0.4 is 10.6 Å². The Kier molecular flexibility index (Phi) is 4.85. The van der Waals surface area contributed by atoms with Crippen LogP contribution in [0.15, 0.2) is 41.0 Å². The van der Waals surface area contributed by atoms with Gasteiger partial charge in [-0.05, 0) is 24.3 Å². The van der Waals surface area contributed by atoms with Crippen LogP contribution in [0.3, 0.4) is 0 Å². The summed E-state index contributed by atoms with van der Waals surface area (Å²) < 4.78 is 5.17. The molecule has 0 atom stereocenters. The smallest absolute Gasteiger partial charge is 0.279 e. The molecule has 0 aliphatic carbocycles. The Labute approximate surface area is 120 Å². The number of anilines is 1. The van der Waals surface area contributed by atoms with Gasteiger partial charge in [0.2, 0.25) is 0 Å². The van der Waals surface area contributed by atoms with Gasteiger partial charge in [0.25, 0.3) is 5.91 Å². The second-order valence-electron chi connectivity index (χ2n) is 3.93. The number of hydrogen-bond donors (Lipinski definition) is 2. The summed E-state index contributed by atoms with van der Waals surface area (Å²) in [5, 5.41) is 5.32. The molecule has 1 heterocycles. The highest BCUT2D eigenvalue weighted by Gasteiger charge is 2.09. The first-order chi connectivity index (χ1) is 9.16. The Morgan fingerprint density at radius 3 is 2.84 bits per heavy atom. The summed E-state index contributed by atoms with van der Waals surface area (Å²) in [7, 11) is 0. The van der Waals surface area contributed by atoms with Crippen molar-refractivity contribution in [1.82, 2.24) is 0 Å². The van der Waals surface area contributed by atoms with Gasteiger partial charge in [-0.3, -0.25) is 4.79 Å². The first-order valence-corrected chi connectivity index (χ1v) is 6.50. The third-order valence-electron chi connectivity index (χ3n) is 2.48. The van der Waals surface area contributed by atoms with E-state index >= 15 is 0 Å². The minimum Gasteiger partial charge on any atom is -0.463 e. The van der Waals surface area contributed by atoms with Gasteiger partial charge in [-0.2, -0.15) is 0 Å². The summed E-state index contributed by atoms with van der Waals surface area (Å²) in [6.07, 6.45) is 1.61. The fourth-order valence-corrected chi connectivity index (χ4v) is 1.92. The fourth-order valence-electron chi connectivity index (χ4n) is 1.58. The van der Waals surface area contributed by atoms with Crippen LogP contribution in [0.2, 0.25) is 10.0 Å². The van der Waals surface area contributed by atoms with Crippen LogP contribution >= 0.6 is 23.2 Å².